The first-order valence-electron chi connectivity index (χ1n) is 19.2. The first-order valence-corrected chi connectivity index (χ1v) is 19.2. The third-order valence-corrected chi connectivity index (χ3v) is 11.7. The average Bonchev–Trinajstić information content (AvgIpc) is 3.24. The molecule has 0 heteroatoms. The van der Waals surface area contributed by atoms with Crippen molar-refractivity contribution in [3.8, 4) is 44.5 Å². The summed E-state index contributed by atoms with van der Waals surface area (Å²) in [4.78, 5) is 0. The zero-order chi connectivity index (χ0) is 36.5. The summed E-state index contributed by atoms with van der Waals surface area (Å²) in [5.41, 5.74) is 11.3. The molecule has 55 heavy (non-hydrogen) atoms. The Morgan fingerprint density at radius 3 is 0.982 bits per heavy atom. The number of hydrogen-bond acceptors (Lipinski definition) is 0. The van der Waals surface area contributed by atoms with Crippen molar-refractivity contribution in [2.24, 2.45) is 0 Å². The van der Waals surface area contributed by atoms with E-state index in [1.165, 1.54) is 115 Å². The van der Waals surface area contributed by atoms with E-state index in [2.05, 4.69) is 207 Å². The molecular formula is C55H36. The Bertz CT molecular complexity index is 3250. The van der Waals surface area contributed by atoms with E-state index >= 15 is 0 Å². The minimum atomic E-state index is 1.22. The third-order valence-electron chi connectivity index (χ3n) is 11.7. The summed E-state index contributed by atoms with van der Waals surface area (Å²) >= 11 is 0. The predicted molar refractivity (Wildman–Crippen MR) is 238 cm³/mol. The van der Waals surface area contributed by atoms with Crippen molar-refractivity contribution >= 4 is 64.6 Å². The molecule has 0 fully saturated rings. The van der Waals surface area contributed by atoms with Gasteiger partial charge in [0.05, 0.1) is 0 Å². The first-order chi connectivity index (χ1) is 27.2. The molecule has 11 aromatic rings. The van der Waals surface area contributed by atoms with E-state index in [1.807, 2.05) is 0 Å². The predicted octanol–water partition coefficient (Wildman–Crippen LogP) is 15.6. The summed E-state index contributed by atoms with van der Waals surface area (Å²) in [5.74, 6) is 0. The van der Waals surface area contributed by atoms with Gasteiger partial charge in [-0.15, -0.1) is 0 Å². The first kappa shape index (κ1) is 31.5. The van der Waals surface area contributed by atoms with Crippen LogP contribution in [0.15, 0.2) is 200 Å². The number of hydrogen-bond donors (Lipinski definition) is 0. The highest BCUT2D eigenvalue weighted by Gasteiger charge is 2.21. The molecule has 0 heterocycles. The second-order valence-electron chi connectivity index (χ2n) is 14.9. The Labute approximate surface area is 320 Å². The molecule has 0 atom stereocenters. The Morgan fingerprint density at radius 1 is 0.218 bits per heavy atom. The Balaban J connectivity index is 1.27. The zero-order valence-electron chi connectivity index (χ0n) is 30.6. The van der Waals surface area contributed by atoms with E-state index in [9.17, 15) is 0 Å². The van der Waals surface area contributed by atoms with Crippen LogP contribution in [0.5, 0.6) is 0 Å². The van der Waals surface area contributed by atoms with E-state index < -0.39 is 0 Å². The molecular weight excluding hydrogens is 661 g/mol. The highest BCUT2D eigenvalue weighted by atomic mass is 14.2. The van der Waals surface area contributed by atoms with Gasteiger partial charge in [-0.05, 0) is 134 Å². The van der Waals surface area contributed by atoms with E-state index in [1.54, 1.807) is 0 Å². The summed E-state index contributed by atoms with van der Waals surface area (Å²) in [6.45, 7) is 2.16. The molecule has 0 aliphatic carbocycles. The fourth-order valence-corrected chi connectivity index (χ4v) is 9.12. The maximum absolute atomic E-state index is 2.48. The number of rotatable bonds is 4. The van der Waals surface area contributed by atoms with Crippen LogP contribution in [0.3, 0.4) is 0 Å². The molecule has 0 saturated heterocycles. The maximum atomic E-state index is 2.48. The molecule has 11 rings (SSSR count). The fourth-order valence-electron chi connectivity index (χ4n) is 9.12. The Hall–Kier alpha value is -7.02. The lowest BCUT2D eigenvalue weighted by atomic mass is 9.82. The second-order valence-corrected chi connectivity index (χ2v) is 14.9. The molecule has 0 N–H and O–H groups in total. The summed E-state index contributed by atoms with van der Waals surface area (Å²) in [6.07, 6.45) is 0. The van der Waals surface area contributed by atoms with Crippen molar-refractivity contribution < 1.29 is 0 Å². The topological polar surface area (TPSA) is 0 Å². The van der Waals surface area contributed by atoms with E-state index in [0.29, 0.717) is 0 Å². The summed E-state index contributed by atoms with van der Waals surface area (Å²) in [5, 5.41) is 15.1. The quantitative estimate of drug-likeness (QED) is 0.161. The zero-order valence-corrected chi connectivity index (χ0v) is 30.6. The molecule has 11 aromatic carbocycles. The molecule has 0 bridgehead atoms. The van der Waals surface area contributed by atoms with Crippen LogP contribution in [-0.4, -0.2) is 0 Å². The molecule has 256 valence electrons. The van der Waals surface area contributed by atoms with Gasteiger partial charge in [-0.25, -0.2) is 0 Å². The van der Waals surface area contributed by atoms with Crippen molar-refractivity contribution in [2.45, 2.75) is 6.92 Å². The molecule has 0 aliphatic rings. The molecule has 0 aliphatic heterocycles. The molecule has 0 radical (unpaired) electrons. The largest absolute Gasteiger partial charge is 0.0616 e. The molecule has 0 amide bonds. The Morgan fingerprint density at radius 2 is 0.527 bits per heavy atom. The van der Waals surface area contributed by atoms with Crippen molar-refractivity contribution in [1.82, 2.24) is 0 Å². The monoisotopic (exact) mass is 696 g/mol. The lowest BCUT2D eigenvalue weighted by molar-refractivity contribution is 1.47. The minimum Gasteiger partial charge on any atom is -0.0616 e. The molecule has 0 spiro atoms. The van der Waals surface area contributed by atoms with Crippen LogP contribution >= 0.6 is 0 Å². The van der Waals surface area contributed by atoms with Crippen molar-refractivity contribution in [1.29, 1.82) is 0 Å². The number of aryl methyl sites for hydroxylation is 1. The Kier molecular flexibility index (Phi) is 7.19. The van der Waals surface area contributed by atoms with E-state index in [0.717, 1.165) is 0 Å². The normalized spacial score (nSPS) is 11.7. The summed E-state index contributed by atoms with van der Waals surface area (Å²) < 4.78 is 0. The smallest absolute Gasteiger partial charge is 0.00259 e. The van der Waals surface area contributed by atoms with Crippen LogP contribution in [0.25, 0.3) is 109 Å². The van der Waals surface area contributed by atoms with Crippen molar-refractivity contribution in [3.05, 3.63) is 206 Å². The van der Waals surface area contributed by atoms with Crippen LogP contribution in [0.2, 0.25) is 0 Å². The van der Waals surface area contributed by atoms with Crippen LogP contribution in [0.4, 0.5) is 0 Å². The van der Waals surface area contributed by atoms with Gasteiger partial charge in [-0.1, -0.05) is 188 Å². The van der Waals surface area contributed by atoms with Gasteiger partial charge in [0.1, 0.15) is 0 Å². The van der Waals surface area contributed by atoms with Gasteiger partial charge in [-0.2, -0.15) is 0 Å². The molecule has 0 saturated carbocycles. The van der Waals surface area contributed by atoms with Crippen LogP contribution in [0, 0.1) is 6.92 Å². The second kappa shape index (κ2) is 12.5. The fraction of sp³-hybridized carbons (Fsp3) is 0.0182. The molecule has 0 aromatic heterocycles. The molecule has 0 unspecified atom stereocenters. The van der Waals surface area contributed by atoms with Gasteiger partial charge in [-0.3, -0.25) is 0 Å². The van der Waals surface area contributed by atoms with Gasteiger partial charge in [0.15, 0.2) is 0 Å². The van der Waals surface area contributed by atoms with Gasteiger partial charge < -0.3 is 0 Å². The minimum absolute atomic E-state index is 1.22. The summed E-state index contributed by atoms with van der Waals surface area (Å²) in [6, 6.07) is 74.5. The lowest BCUT2D eigenvalue weighted by Gasteiger charge is -2.21. The summed E-state index contributed by atoms with van der Waals surface area (Å²) in [7, 11) is 0. The van der Waals surface area contributed by atoms with Crippen LogP contribution in [-0.2, 0) is 0 Å². The third kappa shape index (κ3) is 5.07. The molecule has 0 nitrogen and oxygen atoms in total. The number of fused-ring (bicyclic) bond motifs is 6. The van der Waals surface area contributed by atoms with Crippen LogP contribution in [0.1, 0.15) is 5.56 Å². The van der Waals surface area contributed by atoms with Gasteiger partial charge in [0, 0.05) is 0 Å². The lowest BCUT2D eigenvalue weighted by Crippen LogP contribution is -1.94. The standard InChI is InChI=1S/C55H36/c1-35-22-24-38(25-23-35)52-44-16-6-8-18-46(44)54(47-19-9-7-17-45(47)52)43-30-31-50-51(34-43)55(42-29-27-37-13-3-5-15-40(37)33-42)49-21-11-10-20-48(49)53(50)41-28-26-36-12-2-4-14-39(36)32-41/h2-34H,1H3. The number of benzene rings is 11. The van der Waals surface area contributed by atoms with Crippen LogP contribution < -0.4 is 0 Å². The van der Waals surface area contributed by atoms with Gasteiger partial charge in [0.25, 0.3) is 0 Å². The van der Waals surface area contributed by atoms with E-state index in [4.69, 9.17) is 0 Å². The van der Waals surface area contributed by atoms with Crippen molar-refractivity contribution in [3.63, 3.8) is 0 Å². The van der Waals surface area contributed by atoms with Gasteiger partial charge in [0.2, 0.25) is 0 Å². The van der Waals surface area contributed by atoms with E-state index in [-0.39, 0.29) is 0 Å². The maximum Gasteiger partial charge on any atom is -0.00259 e. The van der Waals surface area contributed by atoms with Gasteiger partial charge >= 0.3 is 0 Å². The highest BCUT2D eigenvalue weighted by Crippen LogP contribution is 2.48. The average molecular weight is 697 g/mol. The SMILES string of the molecule is Cc1ccc(-c2c3ccccc3c(-c3ccc4c(-c5ccc6ccccc6c5)c5ccccc5c(-c5ccc6ccccc6c5)c4c3)c3ccccc23)cc1. The highest BCUT2D eigenvalue weighted by molar-refractivity contribution is 6.25. The van der Waals surface area contributed by atoms with Crippen molar-refractivity contribution in [2.75, 3.05) is 0 Å².